The number of aromatic nitrogens is 2. The van der Waals surface area contributed by atoms with Gasteiger partial charge in [0.25, 0.3) is 0 Å². The van der Waals surface area contributed by atoms with Gasteiger partial charge in [0.15, 0.2) is 0 Å². The topological polar surface area (TPSA) is 63.8 Å². The molecule has 0 aliphatic heterocycles. The van der Waals surface area contributed by atoms with E-state index in [9.17, 15) is 4.39 Å². The van der Waals surface area contributed by atoms with Gasteiger partial charge in [-0.05, 0) is 37.1 Å². The summed E-state index contributed by atoms with van der Waals surface area (Å²) in [6.45, 7) is 5.16. The number of fused-ring (bicyclic) bond motifs is 1. The van der Waals surface area contributed by atoms with Crippen LogP contribution in [0.4, 0.5) is 10.1 Å². The number of halogens is 1. The van der Waals surface area contributed by atoms with E-state index < -0.39 is 0 Å². The normalized spacial score (nSPS) is 11.2. The van der Waals surface area contributed by atoms with Crippen LogP contribution >= 0.6 is 11.3 Å². The van der Waals surface area contributed by atoms with E-state index in [2.05, 4.69) is 15.5 Å². The Morgan fingerprint density at radius 1 is 1.23 bits per heavy atom. The molecule has 0 amide bonds. The molecule has 0 spiro atoms. The molecule has 0 aliphatic carbocycles. The number of thiophene rings is 1. The van der Waals surface area contributed by atoms with Crippen LogP contribution in [0.15, 0.2) is 24.3 Å². The number of rotatable bonds is 4. The molecule has 0 bridgehead atoms. The zero-order valence-corrected chi connectivity index (χ0v) is 13.3. The Morgan fingerprint density at radius 2 is 2.05 bits per heavy atom. The molecule has 2 heterocycles. The molecule has 0 radical (unpaired) electrons. The van der Waals surface area contributed by atoms with Gasteiger partial charge in [0.1, 0.15) is 10.6 Å². The van der Waals surface area contributed by atoms with Gasteiger partial charge < -0.3 is 11.1 Å². The predicted octanol–water partition coefficient (Wildman–Crippen LogP) is 3.32. The van der Waals surface area contributed by atoms with Crippen LogP contribution in [-0.4, -0.2) is 10.2 Å². The summed E-state index contributed by atoms with van der Waals surface area (Å²) >= 11 is 1.55. The minimum atomic E-state index is -0.220. The zero-order valence-electron chi connectivity index (χ0n) is 12.5. The highest BCUT2D eigenvalue weighted by Crippen LogP contribution is 2.34. The van der Waals surface area contributed by atoms with E-state index in [1.165, 1.54) is 12.1 Å². The fourth-order valence-electron chi connectivity index (χ4n) is 2.39. The van der Waals surface area contributed by atoms with E-state index in [1.807, 2.05) is 19.9 Å². The quantitative estimate of drug-likeness (QED) is 0.775. The molecule has 0 saturated carbocycles. The largest absolute Gasteiger partial charge is 0.397 e. The van der Waals surface area contributed by atoms with Gasteiger partial charge >= 0.3 is 0 Å². The van der Waals surface area contributed by atoms with Crippen molar-refractivity contribution >= 4 is 27.2 Å². The van der Waals surface area contributed by atoms with Gasteiger partial charge in [0, 0.05) is 23.4 Å². The van der Waals surface area contributed by atoms with E-state index in [-0.39, 0.29) is 5.82 Å². The Hall–Kier alpha value is -2.05. The Balaban J connectivity index is 1.77. The van der Waals surface area contributed by atoms with Crippen molar-refractivity contribution < 1.29 is 4.39 Å². The van der Waals surface area contributed by atoms with Crippen molar-refractivity contribution in [2.75, 3.05) is 5.73 Å². The van der Waals surface area contributed by atoms with Crippen molar-refractivity contribution in [3.8, 4) is 0 Å². The molecule has 0 saturated heterocycles. The third-order valence-corrected chi connectivity index (χ3v) is 4.81. The zero-order chi connectivity index (χ0) is 15.7. The number of hydrogen-bond acceptors (Lipinski definition) is 5. The van der Waals surface area contributed by atoms with Crippen molar-refractivity contribution in [3.05, 3.63) is 51.8 Å². The van der Waals surface area contributed by atoms with Crippen LogP contribution in [0.1, 0.15) is 21.7 Å². The van der Waals surface area contributed by atoms with Crippen LogP contribution in [0.5, 0.6) is 0 Å². The molecule has 6 heteroatoms. The van der Waals surface area contributed by atoms with Crippen LogP contribution in [-0.2, 0) is 13.1 Å². The minimum absolute atomic E-state index is 0.220. The molecule has 0 aliphatic rings. The van der Waals surface area contributed by atoms with Crippen molar-refractivity contribution in [3.63, 3.8) is 0 Å². The molecule has 1 aromatic carbocycles. The average Bonchev–Trinajstić information content (AvgIpc) is 2.80. The molecule has 0 atom stereocenters. The molecular weight excluding hydrogens is 299 g/mol. The van der Waals surface area contributed by atoms with E-state index >= 15 is 0 Å². The molecule has 3 aromatic rings. The van der Waals surface area contributed by atoms with Gasteiger partial charge in [-0.2, -0.15) is 5.10 Å². The smallest absolute Gasteiger partial charge is 0.148 e. The second kappa shape index (κ2) is 5.98. The van der Waals surface area contributed by atoms with Crippen molar-refractivity contribution in [1.82, 2.24) is 15.5 Å². The number of hydrogen-bond donors (Lipinski definition) is 2. The molecule has 0 fully saturated rings. The highest BCUT2D eigenvalue weighted by atomic mass is 32.1. The van der Waals surface area contributed by atoms with Gasteiger partial charge in [-0.3, -0.25) is 0 Å². The lowest BCUT2D eigenvalue weighted by atomic mass is 10.1. The summed E-state index contributed by atoms with van der Waals surface area (Å²) in [6, 6.07) is 6.57. The molecule has 2 aromatic heterocycles. The first-order chi connectivity index (χ1) is 10.6. The van der Waals surface area contributed by atoms with Crippen LogP contribution < -0.4 is 11.1 Å². The summed E-state index contributed by atoms with van der Waals surface area (Å²) < 4.78 is 13.1. The third-order valence-electron chi connectivity index (χ3n) is 3.72. The SMILES string of the molecule is Cc1nnc2sc(CNCc3cccc(F)c3)c(N)c2c1C. The van der Waals surface area contributed by atoms with E-state index in [0.29, 0.717) is 13.1 Å². The maximum Gasteiger partial charge on any atom is 0.148 e. The average molecular weight is 316 g/mol. The van der Waals surface area contributed by atoms with Gasteiger partial charge in [-0.1, -0.05) is 12.1 Å². The Bertz CT molecular complexity index is 828. The number of anilines is 1. The van der Waals surface area contributed by atoms with Crippen LogP contribution in [0.25, 0.3) is 10.2 Å². The Morgan fingerprint density at radius 3 is 2.82 bits per heavy atom. The standard InChI is InChI=1S/C16H17FN4S/c1-9-10(2)20-21-16-14(9)15(18)13(22-16)8-19-7-11-4-3-5-12(17)6-11/h3-6,19H,7-8,18H2,1-2H3. The molecule has 114 valence electrons. The number of nitrogens with zero attached hydrogens (tertiary/aromatic N) is 2. The first kappa shape index (κ1) is 14.9. The third kappa shape index (κ3) is 2.80. The summed E-state index contributed by atoms with van der Waals surface area (Å²) in [5.41, 5.74) is 9.91. The highest BCUT2D eigenvalue weighted by Gasteiger charge is 2.14. The number of nitrogens with two attached hydrogens (primary N) is 1. The fraction of sp³-hybridized carbons (Fsp3) is 0.250. The van der Waals surface area contributed by atoms with Crippen LogP contribution in [0.3, 0.4) is 0 Å². The molecular formula is C16H17FN4S. The molecule has 4 nitrogen and oxygen atoms in total. The fourth-order valence-corrected chi connectivity index (χ4v) is 3.45. The minimum Gasteiger partial charge on any atom is -0.397 e. The molecule has 0 unspecified atom stereocenters. The lowest BCUT2D eigenvalue weighted by Gasteiger charge is -2.05. The summed E-state index contributed by atoms with van der Waals surface area (Å²) in [6.07, 6.45) is 0. The summed E-state index contributed by atoms with van der Waals surface area (Å²) in [4.78, 5) is 1.90. The Kier molecular flexibility index (Phi) is 4.04. The van der Waals surface area contributed by atoms with Gasteiger partial charge in [-0.25, -0.2) is 4.39 Å². The number of aryl methyl sites for hydroxylation is 2. The number of nitrogen functional groups attached to an aromatic ring is 1. The van der Waals surface area contributed by atoms with Crippen molar-refractivity contribution in [2.24, 2.45) is 0 Å². The van der Waals surface area contributed by atoms with Crippen LogP contribution in [0, 0.1) is 19.7 Å². The first-order valence-corrected chi connectivity index (χ1v) is 7.84. The van der Waals surface area contributed by atoms with Crippen molar-refractivity contribution in [1.29, 1.82) is 0 Å². The number of nitrogens with one attached hydrogen (secondary N) is 1. The van der Waals surface area contributed by atoms with Crippen LogP contribution in [0.2, 0.25) is 0 Å². The molecule has 3 N–H and O–H groups in total. The van der Waals surface area contributed by atoms with Gasteiger partial charge in [0.2, 0.25) is 0 Å². The second-order valence-corrected chi connectivity index (χ2v) is 6.35. The summed E-state index contributed by atoms with van der Waals surface area (Å²) in [7, 11) is 0. The maximum atomic E-state index is 13.1. The molecule has 22 heavy (non-hydrogen) atoms. The summed E-state index contributed by atoms with van der Waals surface area (Å²) in [5.74, 6) is -0.220. The maximum absolute atomic E-state index is 13.1. The monoisotopic (exact) mass is 316 g/mol. The first-order valence-electron chi connectivity index (χ1n) is 7.02. The highest BCUT2D eigenvalue weighted by molar-refractivity contribution is 7.19. The molecule has 3 rings (SSSR count). The number of benzene rings is 1. The lowest BCUT2D eigenvalue weighted by Crippen LogP contribution is -2.12. The van der Waals surface area contributed by atoms with Gasteiger partial charge in [0.05, 0.1) is 11.4 Å². The summed E-state index contributed by atoms with van der Waals surface area (Å²) in [5, 5.41) is 12.7. The predicted molar refractivity (Wildman–Crippen MR) is 88.2 cm³/mol. The van der Waals surface area contributed by atoms with Crippen molar-refractivity contribution in [2.45, 2.75) is 26.9 Å². The second-order valence-electron chi connectivity index (χ2n) is 5.26. The van der Waals surface area contributed by atoms with E-state index in [0.717, 1.165) is 37.6 Å². The van der Waals surface area contributed by atoms with Gasteiger partial charge in [-0.15, -0.1) is 16.4 Å². The van der Waals surface area contributed by atoms with E-state index in [1.54, 1.807) is 17.4 Å². The van der Waals surface area contributed by atoms with E-state index in [4.69, 9.17) is 5.73 Å². The Labute approximate surface area is 132 Å². The lowest BCUT2D eigenvalue weighted by molar-refractivity contribution is 0.620.